The number of nitrogens with two attached hydrogens (primary N) is 1. The number of aromatic nitrogens is 1. The first-order valence-corrected chi connectivity index (χ1v) is 8.79. The number of anilines is 2. The molecule has 6 nitrogen and oxygen atoms in total. The highest BCUT2D eigenvalue weighted by atomic mass is 32.1. The van der Waals surface area contributed by atoms with Gasteiger partial charge in [0.1, 0.15) is 5.69 Å². The summed E-state index contributed by atoms with van der Waals surface area (Å²) in [6, 6.07) is 7.93. The number of carbonyl (C=O) groups excluding carboxylic acids is 2. The Balaban J connectivity index is 1.64. The third kappa shape index (κ3) is 3.56. The Morgan fingerprint density at radius 1 is 1.29 bits per heavy atom. The highest BCUT2D eigenvalue weighted by molar-refractivity contribution is 7.14. The van der Waals surface area contributed by atoms with Crippen LogP contribution >= 0.6 is 11.3 Å². The number of rotatable bonds is 4. The van der Waals surface area contributed by atoms with Gasteiger partial charge in [0.2, 0.25) is 5.91 Å². The molecule has 7 heteroatoms. The largest absolute Gasteiger partial charge is 0.369 e. The van der Waals surface area contributed by atoms with Crippen LogP contribution in [0.3, 0.4) is 0 Å². The minimum absolute atomic E-state index is 0.0907. The monoisotopic (exact) mass is 344 g/mol. The van der Waals surface area contributed by atoms with E-state index in [0.29, 0.717) is 36.8 Å². The molecule has 2 heterocycles. The van der Waals surface area contributed by atoms with Crippen molar-refractivity contribution in [3.8, 4) is 0 Å². The standard InChI is InChI=1S/C17H20N4O2S/c1-11-4-2-3-5-13(11)19-17-20-14(10-24-17)16(23)21-8-6-12(7-9-21)15(18)22/h2-5,10,12H,6-9H2,1H3,(H2,18,22)(H,19,20). The van der Waals surface area contributed by atoms with Crippen LogP contribution in [0, 0.1) is 12.8 Å². The van der Waals surface area contributed by atoms with Crippen molar-refractivity contribution in [1.29, 1.82) is 0 Å². The van der Waals surface area contributed by atoms with Crippen molar-refractivity contribution in [1.82, 2.24) is 9.88 Å². The Morgan fingerprint density at radius 2 is 2.00 bits per heavy atom. The summed E-state index contributed by atoms with van der Waals surface area (Å²) >= 11 is 1.41. The van der Waals surface area contributed by atoms with Gasteiger partial charge >= 0.3 is 0 Å². The lowest BCUT2D eigenvalue weighted by atomic mass is 9.96. The van der Waals surface area contributed by atoms with E-state index in [9.17, 15) is 9.59 Å². The van der Waals surface area contributed by atoms with Gasteiger partial charge in [-0.05, 0) is 31.4 Å². The number of nitrogens with one attached hydrogen (secondary N) is 1. The first-order valence-electron chi connectivity index (χ1n) is 7.91. The van der Waals surface area contributed by atoms with E-state index in [0.717, 1.165) is 11.3 Å². The van der Waals surface area contributed by atoms with Gasteiger partial charge < -0.3 is 16.0 Å². The number of hydrogen-bond acceptors (Lipinski definition) is 5. The predicted octanol–water partition coefficient (Wildman–Crippen LogP) is 2.53. The van der Waals surface area contributed by atoms with Gasteiger partial charge in [-0.15, -0.1) is 11.3 Å². The Labute approximate surface area is 144 Å². The number of benzene rings is 1. The molecule has 1 aromatic carbocycles. The van der Waals surface area contributed by atoms with Crippen LogP contribution in [0.25, 0.3) is 0 Å². The van der Waals surface area contributed by atoms with Gasteiger partial charge in [0.15, 0.2) is 5.13 Å². The number of para-hydroxylation sites is 1. The van der Waals surface area contributed by atoms with Gasteiger partial charge in [-0.2, -0.15) is 0 Å². The van der Waals surface area contributed by atoms with Gasteiger partial charge in [0.25, 0.3) is 5.91 Å². The number of hydrogen-bond donors (Lipinski definition) is 2. The molecule has 1 aromatic heterocycles. The molecule has 3 N–H and O–H groups in total. The molecule has 2 amide bonds. The Morgan fingerprint density at radius 3 is 2.67 bits per heavy atom. The van der Waals surface area contributed by atoms with E-state index in [1.165, 1.54) is 11.3 Å². The average Bonchev–Trinajstić information content (AvgIpc) is 3.05. The van der Waals surface area contributed by atoms with E-state index in [1.807, 2.05) is 31.2 Å². The molecule has 1 aliphatic rings. The van der Waals surface area contributed by atoms with Gasteiger partial charge in [-0.3, -0.25) is 9.59 Å². The third-order valence-electron chi connectivity index (χ3n) is 4.29. The second-order valence-corrected chi connectivity index (χ2v) is 6.80. The SMILES string of the molecule is Cc1ccccc1Nc1nc(C(=O)N2CCC(C(N)=O)CC2)cs1. The molecule has 0 unspecified atom stereocenters. The van der Waals surface area contributed by atoms with Crippen LogP contribution in [0.15, 0.2) is 29.6 Å². The smallest absolute Gasteiger partial charge is 0.273 e. The molecule has 0 radical (unpaired) electrons. The first kappa shape index (κ1) is 16.4. The van der Waals surface area contributed by atoms with Crippen molar-refractivity contribution in [2.45, 2.75) is 19.8 Å². The summed E-state index contributed by atoms with van der Waals surface area (Å²) in [7, 11) is 0. The minimum atomic E-state index is -0.277. The molecule has 24 heavy (non-hydrogen) atoms. The van der Waals surface area contributed by atoms with Crippen LogP contribution in [0.4, 0.5) is 10.8 Å². The summed E-state index contributed by atoms with van der Waals surface area (Å²) in [5.41, 5.74) is 7.87. The zero-order valence-electron chi connectivity index (χ0n) is 13.5. The van der Waals surface area contributed by atoms with Gasteiger partial charge in [0, 0.05) is 30.1 Å². The summed E-state index contributed by atoms with van der Waals surface area (Å²) in [6.45, 7) is 3.11. The summed E-state index contributed by atoms with van der Waals surface area (Å²) in [5.74, 6) is -0.491. The number of carbonyl (C=O) groups is 2. The van der Waals surface area contributed by atoms with Crippen LogP contribution in [0.1, 0.15) is 28.9 Å². The maximum Gasteiger partial charge on any atom is 0.273 e. The molecule has 0 bridgehead atoms. The Kier molecular flexibility index (Phi) is 4.80. The highest BCUT2D eigenvalue weighted by Crippen LogP contribution is 2.25. The van der Waals surface area contributed by atoms with Gasteiger partial charge in [-0.1, -0.05) is 18.2 Å². The molecular weight excluding hydrogens is 324 g/mol. The molecule has 1 fully saturated rings. The van der Waals surface area contributed by atoms with Crippen molar-refractivity contribution in [2.75, 3.05) is 18.4 Å². The zero-order valence-corrected chi connectivity index (χ0v) is 14.3. The molecule has 2 aromatic rings. The maximum atomic E-state index is 12.5. The fraction of sp³-hybridized carbons (Fsp3) is 0.353. The van der Waals surface area contributed by atoms with E-state index in [-0.39, 0.29) is 17.7 Å². The van der Waals surface area contributed by atoms with E-state index < -0.39 is 0 Å². The number of piperidine rings is 1. The second kappa shape index (κ2) is 7.00. The van der Waals surface area contributed by atoms with Crippen molar-refractivity contribution < 1.29 is 9.59 Å². The third-order valence-corrected chi connectivity index (χ3v) is 5.05. The lowest BCUT2D eigenvalue weighted by molar-refractivity contribution is -0.123. The Hall–Kier alpha value is -2.41. The molecular formula is C17H20N4O2S. The first-order chi connectivity index (χ1) is 11.5. The van der Waals surface area contributed by atoms with Crippen molar-refractivity contribution >= 4 is 34.0 Å². The highest BCUT2D eigenvalue weighted by Gasteiger charge is 2.27. The average molecular weight is 344 g/mol. The molecule has 1 saturated heterocycles. The molecule has 0 atom stereocenters. The normalized spacial score (nSPS) is 15.3. The summed E-state index contributed by atoms with van der Waals surface area (Å²) in [5, 5.41) is 5.71. The zero-order chi connectivity index (χ0) is 17.1. The van der Waals surface area contributed by atoms with E-state index in [2.05, 4.69) is 10.3 Å². The number of amides is 2. The number of thiazole rings is 1. The predicted molar refractivity (Wildman–Crippen MR) is 94.4 cm³/mol. The fourth-order valence-electron chi connectivity index (χ4n) is 2.79. The van der Waals surface area contributed by atoms with E-state index in [1.54, 1.807) is 10.3 Å². The topological polar surface area (TPSA) is 88.3 Å². The van der Waals surface area contributed by atoms with Gasteiger partial charge in [0.05, 0.1) is 0 Å². The van der Waals surface area contributed by atoms with Crippen LogP contribution < -0.4 is 11.1 Å². The second-order valence-electron chi connectivity index (χ2n) is 5.95. The lowest BCUT2D eigenvalue weighted by Gasteiger charge is -2.30. The number of likely N-dealkylation sites (tertiary alicyclic amines) is 1. The molecule has 0 aliphatic carbocycles. The summed E-state index contributed by atoms with van der Waals surface area (Å²) in [4.78, 5) is 29.9. The van der Waals surface area contributed by atoms with Gasteiger partial charge in [-0.25, -0.2) is 4.98 Å². The quantitative estimate of drug-likeness (QED) is 0.892. The summed E-state index contributed by atoms with van der Waals surface area (Å²) in [6.07, 6.45) is 1.25. The van der Waals surface area contributed by atoms with Crippen LogP contribution in [-0.2, 0) is 4.79 Å². The van der Waals surface area contributed by atoms with Crippen molar-refractivity contribution in [3.63, 3.8) is 0 Å². The van der Waals surface area contributed by atoms with Crippen molar-refractivity contribution in [2.24, 2.45) is 11.7 Å². The number of aryl methyl sites for hydroxylation is 1. The van der Waals surface area contributed by atoms with Crippen LogP contribution in [0.5, 0.6) is 0 Å². The molecule has 0 spiro atoms. The summed E-state index contributed by atoms with van der Waals surface area (Å²) < 4.78 is 0. The van der Waals surface area contributed by atoms with E-state index >= 15 is 0 Å². The Bertz CT molecular complexity index is 751. The number of primary amides is 1. The molecule has 1 aliphatic heterocycles. The minimum Gasteiger partial charge on any atom is -0.369 e. The van der Waals surface area contributed by atoms with Crippen molar-refractivity contribution in [3.05, 3.63) is 40.9 Å². The van der Waals surface area contributed by atoms with E-state index in [4.69, 9.17) is 5.73 Å². The molecule has 3 rings (SSSR count). The molecule has 126 valence electrons. The fourth-order valence-corrected chi connectivity index (χ4v) is 3.48. The number of nitrogens with zero attached hydrogens (tertiary/aromatic N) is 2. The molecule has 0 saturated carbocycles. The lowest BCUT2D eigenvalue weighted by Crippen LogP contribution is -2.41. The maximum absolute atomic E-state index is 12.5. The van der Waals surface area contributed by atoms with Crippen LogP contribution in [-0.4, -0.2) is 34.8 Å². The van der Waals surface area contributed by atoms with Crippen LogP contribution in [0.2, 0.25) is 0 Å².